The maximum absolute atomic E-state index is 12.4. The minimum atomic E-state index is -4.20. The largest absolute Gasteiger partial charge is 0.406 e. The second-order valence-electron chi connectivity index (χ2n) is 4.47. The Morgan fingerprint density at radius 1 is 1.35 bits per heavy atom. The lowest BCUT2D eigenvalue weighted by molar-refractivity contribution is -0.137. The minimum Gasteiger partial charge on any atom is -0.360 e. The maximum Gasteiger partial charge on any atom is 0.406 e. The van der Waals surface area contributed by atoms with Crippen molar-refractivity contribution >= 4 is 17.3 Å². The molecule has 0 aromatic carbocycles. The van der Waals surface area contributed by atoms with Crippen molar-refractivity contribution in [2.45, 2.75) is 51.2 Å². The average Bonchev–Trinajstić information content (AvgIpc) is 2.67. The van der Waals surface area contributed by atoms with Crippen LogP contribution in [0, 0.1) is 0 Å². The summed E-state index contributed by atoms with van der Waals surface area (Å²) >= 11 is 5.06. The predicted molar refractivity (Wildman–Crippen MR) is 65.9 cm³/mol. The van der Waals surface area contributed by atoms with Crippen molar-refractivity contribution < 1.29 is 13.2 Å². The normalized spacial score (nSPS) is 17.2. The lowest BCUT2D eigenvalue weighted by Gasteiger charge is -2.28. The van der Waals surface area contributed by atoms with E-state index in [1.54, 1.807) is 0 Å². The molecular formula is C11H19F3N2S. The summed E-state index contributed by atoms with van der Waals surface area (Å²) in [5.41, 5.74) is 0. The van der Waals surface area contributed by atoms with Crippen LogP contribution in [0.5, 0.6) is 0 Å². The third-order valence-electron chi connectivity index (χ3n) is 2.83. The van der Waals surface area contributed by atoms with Crippen LogP contribution in [0.25, 0.3) is 0 Å². The summed E-state index contributed by atoms with van der Waals surface area (Å²) in [6, 6.07) is 0.259. The Hall–Kier alpha value is -0.520. The fraction of sp³-hybridized carbons (Fsp3) is 0.909. The van der Waals surface area contributed by atoms with Crippen LogP contribution >= 0.6 is 12.2 Å². The van der Waals surface area contributed by atoms with Gasteiger partial charge < -0.3 is 10.2 Å². The van der Waals surface area contributed by atoms with Crippen LogP contribution in [0.1, 0.15) is 39.0 Å². The predicted octanol–water partition coefficient (Wildman–Crippen LogP) is 3.08. The van der Waals surface area contributed by atoms with Crippen LogP contribution in [-0.4, -0.2) is 35.3 Å². The van der Waals surface area contributed by atoms with Gasteiger partial charge in [-0.15, -0.1) is 0 Å². The molecule has 1 fully saturated rings. The first-order valence-corrected chi connectivity index (χ1v) is 6.45. The van der Waals surface area contributed by atoms with Crippen LogP contribution in [0.15, 0.2) is 0 Å². The first kappa shape index (κ1) is 14.5. The van der Waals surface area contributed by atoms with E-state index in [0.29, 0.717) is 13.0 Å². The Morgan fingerprint density at radius 2 is 1.94 bits per heavy atom. The first-order chi connectivity index (χ1) is 7.92. The SMILES string of the molecule is CCCN(CC(F)(F)F)C(=S)NC1CCCC1. The summed E-state index contributed by atoms with van der Waals surface area (Å²) in [4.78, 5) is 1.22. The highest BCUT2D eigenvalue weighted by Gasteiger charge is 2.32. The first-order valence-electron chi connectivity index (χ1n) is 6.04. The fourth-order valence-electron chi connectivity index (χ4n) is 2.07. The van der Waals surface area contributed by atoms with Crippen molar-refractivity contribution in [3.63, 3.8) is 0 Å². The van der Waals surface area contributed by atoms with E-state index in [9.17, 15) is 13.2 Å². The summed E-state index contributed by atoms with van der Waals surface area (Å²) < 4.78 is 37.1. The average molecular weight is 268 g/mol. The van der Waals surface area contributed by atoms with Crippen LogP contribution in [0.2, 0.25) is 0 Å². The molecule has 17 heavy (non-hydrogen) atoms. The Labute approximate surface area is 106 Å². The molecule has 0 aromatic heterocycles. The number of alkyl halides is 3. The molecule has 1 aliphatic carbocycles. The third kappa shape index (κ3) is 5.57. The monoisotopic (exact) mass is 268 g/mol. The van der Waals surface area contributed by atoms with Gasteiger partial charge in [0.25, 0.3) is 0 Å². The number of hydrogen-bond donors (Lipinski definition) is 1. The molecule has 0 radical (unpaired) electrons. The third-order valence-corrected chi connectivity index (χ3v) is 3.21. The van der Waals surface area contributed by atoms with Crippen molar-refractivity contribution in [3.05, 3.63) is 0 Å². The van der Waals surface area contributed by atoms with Gasteiger partial charge in [0.05, 0.1) is 0 Å². The molecule has 1 saturated carbocycles. The van der Waals surface area contributed by atoms with Crippen LogP contribution < -0.4 is 5.32 Å². The Bertz CT molecular complexity index is 250. The number of nitrogens with one attached hydrogen (secondary N) is 1. The summed E-state index contributed by atoms with van der Waals surface area (Å²) in [6.07, 6.45) is 0.734. The minimum absolute atomic E-state index is 0.246. The number of halogens is 3. The van der Waals surface area contributed by atoms with Gasteiger partial charge in [-0.05, 0) is 31.5 Å². The molecule has 1 aliphatic rings. The topological polar surface area (TPSA) is 15.3 Å². The summed E-state index contributed by atoms with van der Waals surface area (Å²) in [6.45, 7) is 1.24. The molecule has 0 saturated heterocycles. The van der Waals surface area contributed by atoms with Crippen molar-refractivity contribution in [3.8, 4) is 0 Å². The van der Waals surface area contributed by atoms with E-state index < -0.39 is 12.7 Å². The number of thiocarbonyl (C=S) groups is 1. The van der Waals surface area contributed by atoms with E-state index in [0.717, 1.165) is 25.7 Å². The zero-order valence-corrected chi connectivity index (χ0v) is 10.8. The summed E-state index contributed by atoms with van der Waals surface area (Å²) in [5.74, 6) is 0. The van der Waals surface area contributed by atoms with E-state index in [2.05, 4.69) is 5.32 Å². The lowest BCUT2D eigenvalue weighted by atomic mass is 10.2. The Balaban J connectivity index is 2.47. The molecule has 1 N–H and O–H groups in total. The van der Waals surface area contributed by atoms with Gasteiger partial charge in [-0.3, -0.25) is 0 Å². The highest BCUT2D eigenvalue weighted by atomic mass is 32.1. The summed E-state index contributed by atoms with van der Waals surface area (Å²) in [5, 5.41) is 3.29. The molecule has 0 spiro atoms. The maximum atomic E-state index is 12.4. The van der Waals surface area contributed by atoms with Gasteiger partial charge >= 0.3 is 6.18 Å². The number of rotatable bonds is 4. The van der Waals surface area contributed by atoms with E-state index in [1.165, 1.54) is 4.90 Å². The van der Waals surface area contributed by atoms with Crippen LogP contribution in [-0.2, 0) is 0 Å². The zero-order valence-electron chi connectivity index (χ0n) is 10.0. The van der Waals surface area contributed by atoms with Crippen molar-refractivity contribution in [1.82, 2.24) is 10.2 Å². The fourth-order valence-corrected chi connectivity index (χ4v) is 2.40. The molecular weight excluding hydrogens is 249 g/mol. The molecule has 6 heteroatoms. The van der Waals surface area contributed by atoms with Crippen LogP contribution in [0.4, 0.5) is 13.2 Å². The molecule has 0 aromatic rings. The second-order valence-corrected chi connectivity index (χ2v) is 4.85. The smallest absolute Gasteiger partial charge is 0.360 e. The molecule has 100 valence electrons. The lowest BCUT2D eigenvalue weighted by Crippen LogP contribution is -2.47. The molecule has 0 heterocycles. The quantitative estimate of drug-likeness (QED) is 0.789. The summed E-state index contributed by atoms with van der Waals surface area (Å²) in [7, 11) is 0. The molecule has 0 amide bonds. The molecule has 1 rings (SSSR count). The standard InChI is InChI=1S/C11H19F3N2S/c1-2-7-16(8-11(12,13)14)10(17)15-9-5-3-4-6-9/h9H,2-8H2,1H3,(H,15,17). The molecule has 0 unspecified atom stereocenters. The van der Waals surface area contributed by atoms with Gasteiger partial charge in [-0.1, -0.05) is 19.8 Å². The van der Waals surface area contributed by atoms with Gasteiger partial charge in [0, 0.05) is 12.6 Å². The second kappa shape index (κ2) is 6.42. The molecule has 2 nitrogen and oxygen atoms in total. The van der Waals surface area contributed by atoms with Crippen molar-refractivity contribution in [2.75, 3.05) is 13.1 Å². The van der Waals surface area contributed by atoms with Gasteiger partial charge in [0.2, 0.25) is 0 Å². The number of hydrogen-bond acceptors (Lipinski definition) is 1. The molecule has 0 bridgehead atoms. The Morgan fingerprint density at radius 3 is 2.41 bits per heavy atom. The van der Waals surface area contributed by atoms with Gasteiger partial charge in [-0.25, -0.2) is 0 Å². The zero-order chi connectivity index (χ0) is 12.9. The van der Waals surface area contributed by atoms with Gasteiger partial charge in [0.1, 0.15) is 6.54 Å². The Kier molecular flexibility index (Phi) is 5.49. The van der Waals surface area contributed by atoms with E-state index in [1.807, 2.05) is 6.92 Å². The van der Waals surface area contributed by atoms with Crippen molar-refractivity contribution in [1.29, 1.82) is 0 Å². The van der Waals surface area contributed by atoms with E-state index >= 15 is 0 Å². The van der Waals surface area contributed by atoms with Gasteiger partial charge in [-0.2, -0.15) is 13.2 Å². The highest BCUT2D eigenvalue weighted by molar-refractivity contribution is 7.80. The van der Waals surface area contributed by atoms with Gasteiger partial charge in [0.15, 0.2) is 5.11 Å². The highest BCUT2D eigenvalue weighted by Crippen LogP contribution is 2.20. The van der Waals surface area contributed by atoms with E-state index in [4.69, 9.17) is 12.2 Å². The van der Waals surface area contributed by atoms with Crippen LogP contribution in [0.3, 0.4) is 0 Å². The number of nitrogens with zero attached hydrogens (tertiary/aromatic N) is 1. The van der Waals surface area contributed by atoms with Crippen molar-refractivity contribution in [2.24, 2.45) is 0 Å². The molecule has 0 aliphatic heterocycles. The molecule has 0 atom stereocenters. The van der Waals surface area contributed by atoms with E-state index in [-0.39, 0.29) is 11.2 Å².